The molecule has 4 nitrogen and oxygen atoms in total. The van der Waals surface area contributed by atoms with Crippen LogP contribution in [0.2, 0.25) is 5.02 Å². The zero-order chi connectivity index (χ0) is 14.5. The van der Waals surface area contributed by atoms with Crippen molar-refractivity contribution >= 4 is 11.6 Å². The molecular weight excluding hydrogens is 276 g/mol. The van der Waals surface area contributed by atoms with E-state index in [0.29, 0.717) is 22.6 Å². The lowest BCUT2D eigenvalue weighted by Gasteiger charge is -2.20. The second-order valence-corrected chi connectivity index (χ2v) is 5.29. The fraction of sp³-hybridized carbons (Fsp3) is 0.533. The van der Waals surface area contributed by atoms with Gasteiger partial charge < -0.3 is 9.47 Å². The molecule has 1 fully saturated rings. The lowest BCUT2D eigenvalue weighted by molar-refractivity contribution is 0.354. The molecule has 0 heterocycles. The maximum atomic E-state index is 9.41. The number of methoxy groups -OCH3 is 2. The third-order valence-corrected chi connectivity index (χ3v) is 4.10. The minimum absolute atomic E-state index is 0.392. The van der Waals surface area contributed by atoms with Crippen LogP contribution >= 0.6 is 11.6 Å². The monoisotopic (exact) mass is 294 g/mol. The first-order chi connectivity index (χ1) is 9.71. The predicted octanol–water partition coefficient (Wildman–Crippen LogP) is 3.45. The van der Waals surface area contributed by atoms with E-state index in [1.165, 1.54) is 12.8 Å². The number of rotatable bonds is 5. The highest BCUT2D eigenvalue weighted by Crippen LogP contribution is 2.39. The molecule has 20 heavy (non-hydrogen) atoms. The summed E-state index contributed by atoms with van der Waals surface area (Å²) in [6.45, 7) is 0. The average Bonchev–Trinajstić information content (AvgIpc) is 2.97. The summed E-state index contributed by atoms with van der Waals surface area (Å²) in [4.78, 5) is 0. The lowest BCUT2D eigenvalue weighted by Crippen LogP contribution is -2.30. The van der Waals surface area contributed by atoms with E-state index in [-0.39, 0.29) is 0 Å². The summed E-state index contributed by atoms with van der Waals surface area (Å²) in [7, 11) is 3.10. The molecule has 0 bridgehead atoms. The summed E-state index contributed by atoms with van der Waals surface area (Å²) in [6.07, 6.45) is 4.66. The minimum Gasteiger partial charge on any atom is -0.493 e. The molecule has 1 aromatic rings. The minimum atomic E-state index is -0.426. The van der Waals surface area contributed by atoms with Gasteiger partial charge in [-0.25, -0.2) is 0 Å². The van der Waals surface area contributed by atoms with E-state index in [1.807, 2.05) is 6.07 Å². The van der Waals surface area contributed by atoms with Gasteiger partial charge in [-0.1, -0.05) is 30.5 Å². The molecule has 1 aliphatic carbocycles. The van der Waals surface area contributed by atoms with Gasteiger partial charge in [-0.2, -0.15) is 5.26 Å². The van der Waals surface area contributed by atoms with Gasteiger partial charge in [0.1, 0.15) is 6.04 Å². The molecule has 0 spiro atoms. The molecule has 2 rings (SSSR count). The summed E-state index contributed by atoms with van der Waals surface area (Å²) < 4.78 is 10.5. The number of nitrogens with one attached hydrogen (secondary N) is 1. The molecule has 108 valence electrons. The van der Waals surface area contributed by atoms with Crippen LogP contribution in [0, 0.1) is 11.3 Å². The Morgan fingerprint density at radius 2 is 2.00 bits per heavy atom. The molecule has 5 heteroatoms. The number of nitriles is 1. The van der Waals surface area contributed by atoms with Crippen LogP contribution in [0.4, 0.5) is 0 Å². The van der Waals surface area contributed by atoms with Gasteiger partial charge in [-0.15, -0.1) is 0 Å². The highest BCUT2D eigenvalue weighted by molar-refractivity contribution is 6.33. The molecule has 1 aromatic carbocycles. The highest BCUT2D eigenvalue weighted by Gasteiger charge is 2.24. The van der Waals surface area contributed by atoms with Crippen molar-refractivity contribution in [1.82, 2.24) is 5.32 Å². The third kappa shape index (κ3) is 3.00. The number of hydrogen-bond donors (Lipinski definition) is 1. The smallest absolute Gasteiger partial charge is 0.179 e. The Morgan fingerprint density at radius 1 is 1.30 bits per heavy atom. The van der Waals surface area contributed by atoms with E-state index >= 15 is 0 Å². The van der Waals surface area contributed by atoms with Crippen LogP contribution in [0.1, 0.15) is 37.3 Å². The summed E-state index contributed by atoms with van der Waals surface area (Å²) in [5.74, 6) is 1.04. The van der Waals surface area contributed by atoms with Crippen molar-refractivity contribution in [2.24, 2.45) is 0 Å². The molecule has 0 saturated heterocycles. The van der Waals surface area contributed by atoms with E-state index in [0.717, 1.165) is 18.4 Å². The van der Waals surface area contributed by atoms with Gasteiger partial charge in [0, 0.05) is 11.6 Å². The van der Waals surface area contributed by atoms with Crippen LogP contribution in [0.25, 0.3) is 0 Å². The number of hydrogen-bond acceptors (Lipinski definition) is 4. The largest absolute Gasteiger partial charge is 0.493 e. The second-order valence-electron chi connectivity index (χ2n) is 4.91. The van der Waals surface area contributed by atoms with E-state index in [4.69, 9.17) is 21.1 Å². The van der Waals surface area contributed by atoms with Gasteiger partial charge in [-0.3, -0.25) is 5.32 Å². The van der Waals surface area contributed by atoms with Gasteiger partial charge in [-0.05, 0) is 18.9 Å². The SMILES string of the molecule is COc1ccc(C(C#N)NC2CCCC2)c(Cl)c1OC. The van der Waals surface area contributed by atoms with Crippen molar-refractivity contribution in [2.75, 3.05) is 14.2 Å². The summed E-state index contributed by atoms with van der Waals surface area (Å²) >= 11 is 6.36. The van der Waals surface area contributed by atoms with Gasteiger partial charge in [0.15, 0.2) is 11.5 Å². The van der Waals surface area contributed by atoms with E-state index in [2.05, 4.69) is 11.4 Å². The van der Waals surface area contributed by atoms with Crippen molar-refractivity contribution < 1.29 is 9.47 Å². The normalized spacial score (nSPS) is 16.7. The first-order valence-corrected chi connectivity index (χ1v) is 7.15. The fourth-order valence-electron chi connectivity index (χ4n) is 2.65. The van der Waals surface area contributed by atoms with E-state index in [9.17, 15) is 5.26 Å². The Kier molecular flexibility index (Phi) is 5.11. The molecule has 0 aromatic heterocycles. The van der Waals surface area contributed by atoms with Crippen molar-refractivity contribution in [1.29, 1.82) is 5.26 Å². The Bertz CT molecular complexity index is 507. The van der Waals surface area contributed by atoms with Crippen LogP contribution in [-0.4, -0.2) is 20.3 Å². The molecular formula is C15H19ClN2O2. The van der Waals surface area contributed by atoms with Crippen LogP contribution in [0.3, 0.4) is 0 Å². The van der Waals surface area contributed by atoms with Gasteiger partial charge in [0.05, 0.1) is 25.3 Å². The third-order valence-electron chi connectivity index (χ3n) is 3.71. The number of nitrogens with zero attached hydrogens (tertiary/aromatic N) is 1. The van der Waals surface area contributed by atoms with Gasteiger partial charge in [0.2, 0.25) is 0 Å². The number of halogens is 1. The zero-order valence-corrected chi connectivity index (χ0v) is 12.5. The number of ether oxygens (including phenoxy) is 2. The average molecular weight is 295 g/mol. The van der Waals surface area contributed by atoms with Gasteiger partial charge in [0.25, 0.3) is 0 Å². The summed E-state index contributed by atoms with van der Waals surface area (Å²) in [6, 6.07) is 5.85. The van der Waals surface area contributed by atoms with Crippen molar-refractivity contribution in [3.63, 3.8) is 0 Å². The maximum absolute atomic E-state index is 9.41. The first-order valence-electron chi connectivity index (χ1n) is 6.77. The van der Waals surface area contributed by atoms with Crippen LogP contribution in [0.15, 0.2) is 12.1 Å². The van der Waals surface area contributed by atoms with Crippen molar-refractivity contribution in [2.45, 2.75) is 37.8 Å². The van der Waals surface area contributed by atoms with E-state index < -0.39 is 6.04 Å². The van der Waals surface area contributed by atoms with Crippen LogP contribution < -0.4 is 14.8 Å². The molecule has 0 amide bonds. The summed E-state index contributed by atoms with van der Waals surface area (Å²) in [5, 5.41) is 13.2. The molecule has 1 saturated carbocycles. The Hall–Kier alpha value is -1.44. The van der Waals surface area contributed by atoms with Crippen LogP contribution in [0.5, 0.6) is 11.5 Å². The maximum Gasteiger partial charge on any atom is 0.179 e. The molecule has 1 N–H and O–H groups in total. The molecule has 1 unspecified atom stereocenters. The second kappa shape index (κ2) is 6.83. The molecule has 1 aliphatic rings. The first kappa shape index (κ1) is 15.0. The van der Waals surface area contributed by atoms with Crippen molar-refractivity contribution in [3.05, 3.63) is 22.7 Å². The Balaban J connectivity index is 2.27. The Morgan fingerprint density at radius 3 is 2.55 bits per heavy atom. The lowest BCUT2D eigenvalue weighted by atomic mass is 10.1. The topological polar surface area (TPSA) is 54.3 Å². The van der Waals surface area contributed by atoms with E-state index in [1.54, 1.807) is 20.3 Å². The highest BCUT2D eigenvalue weighted by atomic mass is 35.5. The predicted molar refractivity (Wildman–Crippen MR) is 78.3 cm³/mol. The van der Waals surface area contributed by atoms with Crippen molar-refractivity contribution in [3.8, 4) is 17.6 Å². The van der Waals surface area contributed by atoms with Crippen LogP contribution in [-0.2, 0) is 0 Å². The molecule has 0 aliphatic heterocycles. The number of benzene rings is 1. The van der Waals surface area contributed by atoms with Gasteiger partial charge >= 0.3 is 0 Å². The summed E-state index contributed by atoms with van der Waals surface area (Å²) in [5.41, 5.74) is 0.735. The molecule has 0 radical (unpaired) electrons. The molecule has 1 atom stereocenters. The Labute approximate surface area is 124 Å². The standard InChI is InChI=1S/C15H19ClN2O2/c1-19-13-8-7-11(14(16)15(13)20-2)12(9-17)18-10-5-3-4-6-10/h7-8,10,12,18H,3-6H2,1-2H3. The quantitative estimate of drug-likeness (QED) is 0.903. The zero-order valence-electron chi connectivity index (χ0n) is 11.8. The fourth-order valence-corrected chi connectivity index (χ4v) is 2.99.